The van der Waals surface area contributed by atoms with Crippen LogP contribution >= 0.6 is 0 Å². The zero-order valence-electron chi connectivity index (χ0n) is 9.79. The fraction of sp³-hybridized carbons (Fsp3) is 0.462. The maximum atomic E-state index is 11.2. The van der Waals surface area contributed by atoms with Crippen molar-refractivity contribution in [2.24, 2.45) is 5.92 Å². The highest BCUT2D eigenvalue weighted by Crippen LogP contribution is 2.23. The highest BCUT2D eigenvalue weighted by Gasteiger charge is 2.12. The summed E-state index contributed by atoms with van der Waals surface area (Å²) in [5, 5.41) is 9.39. The van der Waals surface area contributed by atoms with Crippen molar-refractivity contribution in [3.63, 3.8) is 0 Å². The Morgan fingerprint density at radius 1 is 1.33 bits per heavy atom. The van der Waals surface area contributed by atoms with E-state index in [1.165, 1.54) is 5.56 Å². The van der Waals surface area contributed by atoms with Crippen LogP contribution in [0.2, 0.25) is 0 Å². The molecule has 0 saturated carbocycles. The van der Waals surface area contributed by atoms with Gasteiger partial charge in [0.05, 0.1) is 0 Å². The molecule has 1 atom stereocenters. The molecular formula is C13H18O2. The van der Waals surface area contributed by atoms with Crippen molar-refractivity contribution in [2.75, 3.05) is 0 Å². The van der Waals surface area contributed by atoms with Crippen LogP contribution in [0.3, 0.4) is 0 Å². The maximum absolute atomic E-state index is 11.2. The van der Waals surface area contributed by atoms with Crippen LogP contribution < -0.4 is 0 Å². The number of hydrogen-bond donors (Lipinski definition) is 1. The van der Waals surface area contributed by atoms with Gasteiger partial charge in [-0.1, -0.05) is 6.92 Å². The Balaban J connectivity index is 3.00. The van der Waals surface area contributed by atoms with Gasteiger partial charge in [0, 0.05) is 5.92 Å². The van der Waals surface area contributed by atoms with Crippen molar-refractivity contribution in [3.05, 3.63) is 28.8 Å². The molecule has 0 radical (unpaired) electrons. The third-order valence-corrected chi connectivity index (χ3v) is 2.89. The molecule has 1 aromatic carbocycles. The van der Waals surface area contributed by atoms with E-state index in [2.05, 4.69) is 0 Å². The largest absolute Gasteiger partial charge is 0.508 e. The van der Waals surface area contributed by atoms with Gasteiger partial charge in [0.2, 0.25) is 0 Å². The quantitative estimate of drug-likeness (QED) is 0.825. The van der Waals surface area contributed by atoms with Crippen LogP contribution in [0.4, 0.5) is 0 Å². The number of hydrogen-bond acceptors (Lipinski definition) is 2. The van der Waals surface area contributed by atoms with Crippen LogP contribution in [0.5, 0.6) is 5.75 Å². The molecule has 1 aromatic rings. The van der Waals surface area contributed by atoms with Gasteiger partial charge in [-0.05, 0) is 56.0 Å². The summed E-state index contributed by atoms with van der Waals surface area (Å²) in [6, 6.07) is 3.49. The predicted molar refractivity (Wildman–Crippen MR) is 61.1 cm³/mol. The maximum Gasteiger partial charge on any atom is 0.132 e. The fourth-order valence-electron chi connectivity index (χ4n) is 1.74. The highest BCUT2D eigenvalue weighted by molar-refractivity contribution is 5.78. The molecule has 2 nitrogen and oxygen atoms in total. The number of carbonyl (C=O) groups is 1. The Bertz CT molecular complexity index is 357. The molecule has 0 aromatic heterocycles. The van der Waals surface area contributed by atoms with Gasteiger partial charge in [0.25, 0.3) is 0 Å². The second-order valence-corrected chi connectivity index (χ2v) is 4.27. The lowest BCUT2D eigenvalue weighted by molar-refractivity contribution is -0.120. The Morgan fingerprint density at radius 2 is 1.80 bits per heavy atom. The van der Waals surface area contributed by atoms with Crippen molar-refractivity contribution < 1.29 is 9.90 Å². The molecule has 0 heterocycles. The Kier molecular flexibility index (Phi) is 3.51. The van der Waals surface area contributed by atoms with Gasteiger partial charge in [-0.15, -0.1) is 0 Å². The van der Waals surface area contributed by atoms with Crippen molar-refractivity contribution >= 4 is 5.78 Å². The summed E-state index contributed by atoms with van der Waals surface area (Å²) in [6.45, 7) is 7.49. The number of Topliss-reactive ketones (excluding diaryl/α,β-unsaturated/α-hetero) is 1. The van der Waals surface area contributed by atoms with E-state index >= 15 is 0 Å². The van der Waals surface area contributed by atoms with E-state index in [0.717, 1.165) is 17.5 Å². The van der Waals surface area contributed by atoms with Gasteiger partial charge in [0.1, 0.15) is 11.5 Å². The monoisotopic (exact) mass is 206 g/mol. The summed E-state index contributed by atoms with van der Waals surface area (Å²) in [5.74, 6) is 0.554. The molecule has 2 heteroatoms. The number of aryl methyl sites for hydroxylation is 2. The minimum Gasteiger partial charge on any atom is -0.508 e. The number of phenols is 1. The molecule has 0 fully saturated rings. The first kappa shape index (κ1) is 11.8. The minimum atomic E-state index is 0.0481. The van der Waals surface area contributed by atoms with Crippen molar-refractivity contribution in [3.8, 4) is 5.75 Å². The van der Waals surface area contributed by atoms with Gasteiger partial charge >= 0.3 is 0 Å². The van der Waals surface area contributed by atoms with Gasteiger partial charge in [-0.25, -0.2) is 0 Å². The summed E-state index contributed by atoms with van der Waals surface area (Å²) >= 11 is 0. The average Bonchev–Trinajstić information content (AvgIpc) is 2.10. The van der Waals surface area contributed by atoms with Gasteiger partial charge in [-0.2, -0.15) is 0 Å². The second-order valence-electron chi connectivity index (χ2n) is 4.27. The zero-order chi connectivity index (χ0) is 11.6. The highest BCUT2D eigenvalue weighted by atomic mass is 16.3. The number of carbonyl (C=O) groups excluding carboxylic acids is 1. The molecule has 1 rings (SSSR count). The normalized spacial score (nSPS) is 12.5. The van der Waals surface area contributed by atoms with Gasteiger partial charge in [-0.3, -0.25) is 4.79 Å². The van der Waals surface area contributed by atoms with Crippen LogP contribution in [-0.4, -0.2) is 10.9 Å². The Hall–Kier alpha value is -1.31. The zero-order valence-corrected chi connectivity index (χ0v) is 9.79. The number of benzene rings is 1. The van der Waals surface area contributed by atoms with Gasteiger partial charge < -0.3 is 5.11 Å². The Morgan fingerprint density at radius 3 is 2.20 bits per heavy atom. The third kappa shape index (κ3) is 2.82. The third-order valence-electron chi connectivity index (χ3n) is 2.89. The smallest absolute Gasteiger partial charge is 0.132 e. The molecule has 82 valence electrons. The molecule has 0 saturated heterocycles. The first-order valence-electron chi connectivity index (χ1n) is 5.21. The molecular weight excluding hydrogens is 188 g/mol. The fourth-order valence-corrected chi connectivity index (χ4v) is 1.74. The Labute approximate surface area is 90.9 Å². The van der Waals surface area contributed by atoms with Crippen LogP contribution in [0, 0.1) is 19.8 Å². The molecule has 0 amide bonds. The molecule has 1 unspecified atom stereocenters. The van der Waals surface area contributed by atoms with E-state index in [4.69, 9.17) is 0 Å². The molecule has 0 aliphatic rings. The number of ketones is 1. The van der Waals surface area contributed by atoms with E-state index in [0.29, 0.717) is 5.75 Å². The number of rotatable bonds is 3. The van der Waals surface area contributed by atoms with E-state index < -0.39 is 0 Å². The van der Waals surface area contributed by atoms with Gasteiger partial charge in [0.15, 0.2) is 0 Å². The van der Waals surface area contributed by atoms with E-state index in [1.807, 2.05) is 20.8 Å². The first-order chi connectivity index (χ1) is 6.91. The summed E-state index contributed by atoms with van der Waals surface area (Å²) < 4.78 is 0. The van der Waals surface area contributed by atoms with E-state index in [9.17, 15) is 9.90 Å². The van der Waals surface area contributed by atoms with Crippen molar-refractivity contribution in [2.45, 2.75) is 34.1 Å². The molecule has 0 aliphatic carbocycles. The number of aromatic hydroxyl groups is 1. The lowest BCUT2D eigenvalue weighted by atomic mass is 9.91. The van der Waals surface area contributed by atoms with Crippen LogP contribution in [0.15, 0.2) is 12.1 Å². The first-order valence-corrected chi connectivity index (χ1v) is 5.21. The van der Waals surface area contributed by atoms with E-state index in [1.54, 1.807) is 19.1 Å². The minimum absolute atomic E-state index is 0.0481. The second kappa shape index (κ2) is 4.47. The molecule has 15 heavy (non-hydrogen) atoms. The van der Waals surface area contributed by atoms with Crippen LogP contribution in [0.25, 0.3) is 0 Å². The van der Waals surface area contributed by atoms with Crippen molar-refractivity contribution in [1.29, 1.82) is 0 Å². The summed E-state index contributed by atoms with van der Waals surface area (Å²) in [5.41, 5.74) is 3.29. The molecule has 0 spiro atoms. The molecule has 0 bridgehead atoms. The van der Waals surface area contributed by atoms with E-state index in [-0.39, 0.29) is 11.7 Å². The SMILES string of the molecule is CC(=O)C(C)Cc1c(C)cc(O)cc1C. The number of phenolic OH excluding ortho intramolecular Hbond substituents is 1. The predicted octanol–water partition coefficient (Wildman–Crippen LogP) is 2.78. The summed E-state index contributed by atoms with van der Waals surface area (Å²) in [7, 11) is 0. The average molecular weight is 206 g/mol. The molecule has 0 aliphatic heterocycles. The van der Waals surface area contributed by atoms with Crippen LogP contribution in [-0.2, 0) is 11.2 Å². The summed E-state index contributed by atoms with van der Waals surface area (Å²) in [6.07, 6.45) is 0.757. The lowest BCUT2D eigenvalue weighted by Gasteiger charge is -2.13. The van der Waals surface area contributed by atoms with Crippen molar-refractivity contribution in [1.82, 2.24) is 0 Å². The van der Waals surface area contributed by atoms with Crippen LogP contribution in [0.1, 0.15) is 30.5 Å². The topological polar surface area (TPSA) is 37.3 Å². The molecule has 1 N–H and O–H groups in total. The summed E-state index contributed by atoms with van der Waals surface area (Å²) in [4.78, 5) is 11.2. The standard InChI is InChI=1S/C13H18O2/c1-8(11(4)14)7-13-9(2)5-12(15)6-10(13)3/h5-6,8,15H,7H2,1-4H3. The lowest BCUT2D eigenvalue weighted by Crippen LogP contribution is -2.11.